The molecule has 3 saturated carbocycles. The van der Waals surface area contributed by atoms with Crippen molar-refractivity contribution in [3.05, 3.63) is 12.2 Å². The fourth-order valence-corrected chi connectivity index (χ4v) is 5.87. The molecule has 4 bridgehead atoms. The minimum absolute atomic E-state index is 0.105. The first-order valence-electron chi connectivity index (χ1n) is 9.65. The predicted molar refractivity (Wildman–Crippen MR) is 84.7 cm³/mol. The fraction of sp³-hybridized carbons (Fsp3) is 0.842. The summed E-state index contributed by atoms with van der Waals surface area (Å²) in [5.74, 6) is -1.98. The van der Waals surface area contributed by atoms with Gasteiger partial charge in [0.2, 0.25) is 0 Å². The van der Waals surface area contributed by atoms with Crippen molar-refractivity contribution < 1.29 is 41.0 Å². The Balaban J connectivity index is 1.45. The largest absolute Gasteiger partial charge is 0.462 e. The quantitative estimate of drug-likeness (QED) is 0.423. The van der Waals surface area contributed by atoms with Crippen LogP contribution >= 0.6 is 0 Å². The summed E-state index contributed by atoms with van der Waals surface area (Å²) < 4.78 is 83.8. The van der Waals surface area contributed by atoms with Crippen LogP contribution in [0.15, 0.2) is 12.2 Å². The van der Waals surface area contributed by atoms with Gasteiger partial charge in [-0.1, -0.05) is 12.2 Å². The number of rotatable bonds is 4. The standard InChI is InChI=1S/C19H22F6O3/c20-18(21,22)17(27,19(23,24)25)8-12-7-11-3-4-13(12)15(11)28-16(26)14-6-9-1-2-10(14)5-9/h1-2,9-15,27H,3-8H2. The van der Waals surface area contributed by atoms with Crippen molar-refractivity contribution in [1.29, 1.82) is 0 Å². The molecule has 7 unspecified atom stereocenters. The first-order chi connectivity index (χ1) is 12.9. The maximum atomic E-state index is 13.0. The molecule has 0 radical (unpaired) electrons. The molecule has 0 heterocycles. The van der Waals surface area contributed by atoms with E-state index in [1.165, 1.54) is 0 Å². The highest BCUT2D eigenvalue weighted by molar-refractivity contribution is 5.74. The Morgan fingerprint density at radius 2 is 1.68 bits per heavy atom. The minimum atomic E-state index is -5.81. The van der Waals surface area contributed by atoms with E-state index >= 15 is 0 Å². The summed E-state index contributed by atoms with van der Waals surface area (Å²) in [7, 11) is 0. The van der Waals surface area contributed by atoms with Gasteiger partial charge in [0.25, 0.3) is 5.60 Å². The van der Waals surface area contributed by atoms with Crippen LogP contribution in [0, 0.1) is 35.5 Å². The van der Waals surface area contributed by atoms with Crippen molar-refractivity contribution >= 4 is 5.97 Å². The number of aliphatic hydroxyl groups is 1. The van der Waals surface area contributed by atoms with Crippen LogP contribution in [0.3, 0.4) is 0 Å². The number of ether oxygens (including phenoxy) is 1. The summed E-state index contributed by atoms with van der Waals surface area (Å²) in [6.45, 7) is 0. The van der Waals surface area contributed by atoms with Gasteiger partial charge in [0, 0.05) is 0 Å². The van der Waals surface area contributed by atoms with Gasteiger partial charge in [-0.2, -0.15) is 26.3 Å². The summed E-state index contributed by atoms with van der Waals surface area (Å²) >= 11 is 0. The molecule has 0 aromatic carbocycles. The van der Waals surface area contributed by atoms with E-state index in [4.69, 9.17) is 4.74 Å². The van der Waals surface area contributed by atoms with E-state index < -0.39 is 42.3 Å². The maximum absolute atomic E-state index is 13.0. The van der Waals surface area contributed by atoms with Crippen LogP contribution in [-0.4, -0.2) is 35.1 Å². The Hall–Kier alpha value is -1.25. The summed E-state index contributed by atoms with van der Waals surface area (Å²) in [5.41, 5.74) is -4.74. The highest BCUT2D eigenvalue weighted by atomic mass is 19.4. The van der Waals surface area contributed by atoms with Crippen LogP contribution in [0.1, 0.15) is 38.5 Å². The van der Waals surface area contributed by atoms with Gasteiger partial charge in [-0.25, -0.2) is 0 Å². The second kappa shape index (κ2) is 6.37. The molecule has 4 aliphatic carbocycles. The molecule has 0 aromatic rings. The lowest BCUT2D eigenvalue weighted by Gasteiger charge is -2.36. The van der Waals surface area contributed by atoms with Crippen LogP contribution in [0.4, 0.5) is 26.3 Å². The normalized spacial score (nSPS) is 39.8. The topological polar surface area (TPSA) is 46.5 Å². The molecule has 0 amide bonds. The monoisotopic (exact) mass is 412 g/mol. The summed E-state index contributed by atoms with van der Waals surface area (Å²) in [4.78, 5) is 12.6. The number of carbonyl (C=O) groups is 1. The van der Waals surface area contributed by atoms with Gasteiger partial charge in [-0.3, -0.25) is 4.79 Å². The first kappa shape index (κ1) is 20.0. The molecular formula is C19H22F6O3. The molecule has 0 aliphatic heterocycles. The molecule has 9 heteroatoms. The van der Waals surface area contributed by atoms with Gasteiger partial charge in [0.1, 0.15) is 6.10 Å². The molecule has 0 saturated heterocycles. The molecule has 0 spiro atoms. The van der Waals surface area contributed by atoms with E-state index in [2.05, 4.69) is 6.08 Å². The molecule has 4 aliphatic rings. The average molecular weight is 412 g/mol. The van der Waals surface area contributed by atoms with Crippen LogP contribution < -0.4 is 0 Å². The van der Waals surface area contributed by atoms with Crippen molar-refractivity contribution in [2.45, 2.75) is 62.6 Å². The smallest absolute Gasteiger partial charge is 0.426 e. The van der Waals surface area contributed by atoms with Crippen molar-refractivity contribution in [2.24, 2.45) is 35.5 Å². The highest BCUT2D eigenvalue weighted by Crippen LogP contribution is 2.56. The van der Waals surface area contributed by atoms with Crippen LogP contribution in [-0.2, 0) is 9.53 Å². The van der Waals surface area contributed by atoms with Crippen molar-refractivity contribution in [3.63, 3.8) is 0 Å². The summed E-state index contributed by atoms with van der Waals surface area (Å²) in [6.07, 6.45) is -6.94. The zero-order valence-corrected chi connectivity index (χ0v) is 15.0. The molecule has 4 rings (SSSR count). The Morgan fingerprint density at radius 3 is 2.21 bits per heavy atom. The molecular weight excluding hydrogens is 390 g/mol. The number of hydrogen-bond acceptors (Lipinski definition) is 3. The third-order valence-corrected chi connectivity index (χ3v) is 7.30. The van der Waals surface area contributed by atoms with Crippen molar-refractivity contribution in [2.75, 3.05) is 0 Å². The van der Waals surface area contributed by atoms with Crippen LogP contribution in [0.2, 0.25) is 0 Å². The Labute approximate surface area is 158 Å². The zero-order valence-electron chi connectivity index (χ0n) is 15.0. The third kappa shape index (κ3) is 3.04. The van der Waals surface area contributed by atoms with Crippen molar-refractivity contribution in [1.82, 2.24) is 0 Å². The lowest BCUT2D eigenvalue weighted by Crippen LogP contribution is -2.58. The molecule has 28 heavy (non-hydrogen) atoms. The molecule has 3 nitrogen and oxygen atoms in total. The fourth-order valence-electron chi connectivity index (χ4n) is 5.87. The number of alkyl halides is 6. The summed E-state index contributed by atoms with van der Waals surface area (Å²) in [6, 6.07) is 0. The predicted octanol–water partition coefficient (Wildman–Crippen LogP) is 4.40. The highest BCUT2D eigenvalue weighted by Gasteiger charge is 2.71. The minimum Gasteiger partial charge on any atom is -0.462 e. The summed E-state index contributed by atoms with van der Waals surface area (Å²) in [5, 5.41) is 9.52. The van der Waals surface area contributed by atoms with Gasteiger partial charge in [-0.15, -0.1) is 0 Å². The number of carbonyl (C=O) groups excluding carboxylic acids is 1. The Kier molecular flexibility index (Phi) is 4.56. The Morgan fingerprint density at radius 1 is 1.00 bits per heavy atom. The van der Waals surface area contributed by atoms with E-state index in [1.54, 1.807) is 0 Å². The Bertz CT molecular complexity index is 656. The second-order valence-electron chi connectivity index (χ2n) is 8.85. The number of esters is 1. The SMILES string of the molecule is O=C(OC1C2CCC1C(CC(O)(C(F)(F)F)C(F)(F)F)C2)C1CC2C=CC1C2. The maximum Gasteiger partial charge on any atom is 0.426 e. The average Bonchev–Trinajstić information content (AvgIpc) is 3.33. The van der Waals surface area contributed by atoms with Gasteiger partial charge >= 0.3 is 18.3 Å². The number of hydrogen-bond donors (Lipinski definition) is 1. The van der Waals surface area contributed by atoms with Gasteiger partial charge < -0.3 is 9.84 Å². The van der Waals surface area contributed by atoms with Gasteiger partial charge in [0.15, 0.2) is 0 Å². The van der Waals surface area contributed by atoms with Gasteiger partial charge in [-0.05, 0) is 68.1 Å². The van der Waals surface area contributed by atoms with E-state index in [1.807, 2.05) is 6.08 Å². The third-order valence-electron chi connectivity index (χ3n) is 7.30. The number of fused-ring (bicyclic) bond motifs is 4. The zero-order chi connectivity index (χ0) is 20.5. The van der Waals surface area contributed by atoms with Gasteiger partial charge in [0.05, 0.1) is 5.92 Å². The number of allylic oxidation sites excluding steroid dienone is 2. The van der Waals surface area contributed by atoms with E-state index in [0.29, 0.717) is 25.2 Å². The number of halogens is 6. The lowest BCUT2D eigenvalue weighted by molar-refractivity contribution is -0.373. The molecule has 7 atom stereocenters. The molecule has 0 aromatic heterocycles. The molecule has 3 fully saturated rings. The van der Waals surface area contributed by atoms with Crippen LogP contribution in [0.25, 0.3) is 0 Å². The second-order valence-corrected chi connectivity index (χ2v) is 8.85. The van der Waals surface area contributed by atoms with E-state index in [-0.39, 0.29) is 30.1 Å². The van der Waals surface area contributed by atoms with E-state index in [9.17, 15) is 36.2 Å². The molecule has 158 valence electrons. The molecule has 1 N–H and O–H groups in total. The van der Waals surface area contributed by atoms with E-state index in [0.717, 1.165) is 6.42 Å². The van der Waals surface area contributed by atoms with Crippen LogP contribution in [0.5, 0.6) is 0 Å². The lowest BCUT2D eigenvalue weighted by atomic mass is 9.79. The van der Waals surface area contributed by atoms with Crippen molar-refractivity contribution in [3.8, 4) is 0 Å². The first-order valence-corrected chi connectivity index (χ1v) is 9.65.